The van der Waals surface area contributed by atoms with Crippen LogP contribution in [-0.4, -0.2) is 21.2 Å². The Hall–Kier alpha value is -2.97. The second-order valence-electron chi connectivity index (χ2n) is 7.56. The number of hydrogen-bond donors (Lipinski definition) is 1. The number of carbonyl (C=O) groups is 1. The van der Waals surface area contributed by atoms with Crippen LogP contribution in [0.5, 0.6) is 0 Å². The third kappa shape index (κ3) is 3.96. The zero-order valence-corrected chi connectivity index (χ0v) is 18.8. The van der Waals surface area contributed by atoms with Gasteiger partial charge in [-0.25, -0.2) is 9.37 Å². The van der Waals surface area contributed by atoms with Crippen molar-refractivity contribution in [3.05, 3.63) is 86.8 Å². The number of thioether (sulfide) groups is 1. The van der Waals surface area contributed by atoms with Gasteiger partial charge in [-0.05, 0) is 43.0 Å². The van der Waals surface area contributed by atoms with Crippen molar-refractivity contribution < 1.29 is 9.18 Å². The van der Waals surface area contributed by atoms with Crippen molar-refractivity contribution in [1.29, 1.82) is 0 Å². The molecule has 0 radical (unpaired) electrons. The van der Waals surface area contributed by atoms with Crippen molar-refractivity contribution in [3.8, 4) is 5.69 Å². The molecule has 5 rings (SSSR count). The fraction of sp³-hybridized carbons (Fsp3) is 0.208. The van der Waals surface area contributed by atoms with Crippen LogP contribution in [0.4, 0.5) is 4.39 Å². The topological polar surface area (TPSA) is 64.0 Å². The molecule has 2 aromatic carbocycles. The Morgan fingerprint density at radius 1 is 1.12 bits per heavy atom. The lowest BCUT2D eigenvalue weighted by Crippen LogP contribution is -2.26. The molecule has 32 heavy (non-hydrogen) atoms. The van der Waals surface area contributed by atoms with E-state index in [0.717, 1.165) is 35.3 Å². The lowest BCUT2D eigenvalue weighted by Gasteiger charge is -2.12. The molecule has 0 spiro atoms. The number of halogens is 1. The zero-order chi connectivity index (χ0) is 22.1. The SMILES string of the molecule is O=C(CSc1nc2sc3c(c2c(=O)n1-c1ccccc1)CCC3)NCc1ccccc1F. The highest BCUT2D eigenvalue weighted by molar-refractivity contribution is 7.99. The van der Waals surface area contributed by atoms with Gasteiger partial charge in [0.25, 0.3) is 5.56 Å². The van der Waals surface area contributed by atoms with Crippen LogP contribution in [0.3, 0.4) is 0 Å². The number of aromatic nitrogens is 2. The molecular formula is C24H20FN3O2S2. The minimum Gasteiger partial charge on any atom is -0.351 e. The van der Waals surface area contributed by atoms with Gasteiger partial charge in [-0.15, -0.1) is 11.3 Å². The Morgan fingerprint density at radius 2 is 1.91 bits per heavy atom. The van der Waals surface area contributed by atoms with E-state index in [1.807, 2.05) is 30.3 Å². The standard InChI is InChI=1S/C24H20FN3O2S2/c25-18-11-5-4-7-15(18)13-26-20(29)14-31-24-27-22-21(17-10-6-12-19(17)32-22)23(30)28(24)16-8-2-1-3-9-16/h1-5,7-9,11H,6,10,12-14H2,(H,26,29). The van der Waals surface area contributed by atoms with Crippen molar-refractivity contribution >= 4 is 39.2 Å². The second kappa shape index (κ2) is 8.88. The number of nitrogens with zero attached hydrogens (tertiary/aromatic N) is 2. The van der Waals surface area contributed by atoms with Crippen LogP contribution in [0, 0.1) is 5.82 Å². The van der Waals surface area contributed by atoms with Gasteiger partial charge >= 0.3 is 0 Å². The number of carbonyl (C=O) groups excluding carboxylic acids is 1. The molecule has 0 unspecified atom stereocenters. The molecule has 2 aromatic heterocycles. The summed E-state index contributed by atoms with van der Waals surface area (Å²) in [6.07, 6.45) is 2.97. The molecule has 0 aliphatic heterocycles. The van der Waals surface area contributed by atoms with Crippen molar-refractivity contribution in [2.75, 3.05) is 5.75 Å². The highest BCUT2D eigenvalue weighted by Crippen LogP contribution is 2.36. The molecule has 1 amide bonds. The van der Waals surface area contributed by atoms with Crippen LogP contribution in [0.15, 0.2) is 64.5 Å². The molecule has 1 aliphatic rings. The largest absolute Gasteiger partial charge is 0.351 e. The van der Waals surface area contributed by atoms with E-state index in [1.165, 1.54) is 22.7 Å². The second-order valence-corrected chi connectivity index (χ2v) is 9.59. The minimum atomic E-state index is -0.351. The molecule has 1 aliphatic carbocycles. The zero-order valence-electron chi connectivity index (χ0n) is 17.1. The third-order valence-corrected chi connectivity index (χ3v) is 7.61. The van der Waals surface area contributed by atoms with Gasteiger partial charge in [0.05, 0.1) is 16.8 Å². The number of amides is 1. The molecule has 5 nitrogen and oxygen atoms in total. The number of hydrogen-bond acceptors (Lipinski definition) is 5. The first kappa shape index (κ1) is 20.9. The Bertz CT molecular complexity index is 1370. The van der Waals surface area contributed by atoms with Crippen molar-refractivity contribution in [1.82, 2.24) is 14.9 Å². The van der Waals surface area contributed by atoms with E-state index in [9.17, 15) is 14.0 Å². The molecule has 2 heterocycles. The van der Waals surface area contributed by atoms with E-state index in [-0.39, 0.29) is 29.6 Å². The van der Waals surface area contributed by atoms with E-state index < -0.39 is 0 Å². The average Bonchev–Trinajstić information content (AvgIpc) is 3.39. The molecule has 1 N–H and O–H groups in total. The monoisotopic (exact) mass is 465 g/mol. The number of para-hydroxylation sites is 1. The number of fused-ring (bicyclic) bond motifs is 3. The highest BCUT2D eigenvalue weighted by Gasteiger charge is 2.24. The summed E-state index contributed by atoms with van der Waals surface area (Å²) in [7, 11) is 0. The lowest BCUT2D eigenvalue weighted by atomic mass is 10.2. The van der Waals surface area contributed by atoms with Gasteiger partial charge in [0.2, 0.25) is 5.91 Å². The van der Waals surface area contributed by atoms with Gasteiger partial charge in [0.15, 0.2) is 5.16 Å². The van der Waals surface area contributed by atoms with E-state index in [1.54, 1.807) is 34.1 Å². The number of benzene rings is 2. The van der Waals surface area contributed by atoms with Crippen molar-refractivity contribution in [3.63, 3.8) is 0 Å². The van der Waals surface area contributed by atoms with Gasteiger partial charge < -0.3 is 5.32 Å². The fourth-order valence-electron chi connectivity index (χ4n) is 3.94. The molecule has 0 bridgehead atoms. The summed E-state index contributed by atoms with van der Waals surface area (Å²) in [5.41, 5.74) is 2.19. The predicted molar refractivity (Wildman–Crippen MR) is 126 cm³/mol. The third-order valence-electron chi connectivity index (χ3n) is 5.49. The van der Waals surface area contributed by atoms with Crippen LogP contribution in [0.25, 0.3) is 15.9 Å². The van der Waals surface area contributed by atoms with Gasteiger partial charge in [0.1, 0.15) is 10.6 Å². The van der Waals surface area contributed by atoms with E-state index in [2.05, 4.69) is 5.32 Å². The Balaban J connectivity index is 1.43. The van der Waals surface area contributed by atoms with Crippen molar-refractivity contribution in [2.45, 2.75) is 31.0 Å². The van der Waals surface area contributed by atoms with Crippen LogP contribution in [0.1, 0.15) is 22.4 Å². The molecule has 0 saturated heterocycles. The van der Waals surface area contributed by atoms with Gasteiger partial charge in [-0.2, -0.15) is 0 Å². The Labute approximate surface area is 192 Å². The summed E-state index contributed by atoms with van der Waals surface area (Å²) < 4.78 is 15.4. The highest BCUT2D eigenvalue weighted by atomic mass is 32.2. The smallest absolute Gasteiger partial charge is 0.267 e. The van der Waals surface area contributed by atoms with Crippen molar-refractivity contribution in [2.24, 2.45) is 0 Å². The lowest BCUT2D eigenvalue weighted by molar-refractivity contribution is -0.118. The number of rotatable bonds is 6. The normalized spacial score (nSPS) is 12.8. The maximum absolute atomic E-state index is 13.8. The van der Waals surface area contributed by atoms with Gasteiger partial charge in [-0.1, -0.05) is 48.2 Å². The van der Waals surface area contributed by atoms with Crippen LogP contribution in [-0.2, 0) is 24.2 Å². The summed E-state index contributed by atoms with van der Waals surface area (Å²) in [5.74, 6) is -0.526. The van der Waals surface area contributed by atoms with E-state index >= 15 is 0 Å². The average molecular weight is 466 g/mol. The summed E-state index contributed by atoms with van der Waals surface area (Å²) >= 11 is 2.79. The number of thiophene rings is 1. The van der Waals surface area contributed by atoms with E-state index in [4.69, 9.17) is 4.98 Å². The number of nitrogens with one attached hydrogen (secondary N) is 1. The molecular weight excluding hydrogens is 445 g/mol. The molecule has 162 valence electrons. The first-order valence-electron chi connectivity index (χ1n) is 10.4. The quantitative estimate of drug-likeness (QED) is 0.337. The van der Waals surface area contributed by atoms with Crippen LogP contribution < -0.4 is 10.9 Å². The summed E-state index contributed by atoms with van der Waals surface area (Å²) in [4.78, 5) is 32.7. The van der Waals surface area contributed by atoms with Gasteiger partial charge in [-0.3, -0.25) is 14.2 Å². The first-order valence-corrected chi connectivity index (χ1v) is 12.2. The Morgan fingerprint density at radius 3 is 2.72 bits per heavy atom. The predicted octanol–water partition coefficient (Wildman–Crippen LogP) is 4.48. The minimum absolute atomic E-state index is 0.0737. The summed E-state index contributed by atoms with van der Waals surface area (Å²) in [6.45, 7) is 0.113. The Kier molecular flexibility index (Phi) is 5.80. The molecule has 8 heteroatoms. The van der Waals surface area contributed by atoms with Gasteiger partial charge in [0, 0.05) is 17.0 Å². The fourth-order valence-corrected chi connectivity index (χ4v) is 6.09. The molecule has 4 aromatic rings. The van der Waals surface area contributed by atoms with Crippen LogP contribution in [0.2, 0.25) is 0 Å². The summed E-state index contributed by atoms with van der Waals surface area (Å²) in [5, 5.41) is 3.93. The molecule has 0 fully saturated rings. The first-order chi connectivity index (χ1) is 15.6. The summed E-state index contributed by atoms with van der Waals surface area (Å²) in [6, 6.07) is 15.7. The maximum Gasteiger partial charge on any atom is 0.267 e. The van der Waals surface area contributed by atoms with E-state index in [0.29, 0.717) is 16.1 Å². The molecule has 0 saturated carbocycles. The van der Waals surface area contributed by atoms with Crippen LogP contribution >= 0.6 is 23.1 Å². The maximum atomic E-state index is 13.8. The molecule has 0 atom stereocenters. The number of aryl methyl sites for hydroxylation is 2.